The van der Waals surface area contributed by atoms with Crippen molar-refractivity contribution in [1.29, 1.82) is 0 Å². The molecule has 0 spiro atoms. The fourth-order valence-corrected chi connectivity index (χ4v) is 3.88. The van der Waals surface area contributed by atoms with Crippen molar-refractivity contribution in [2.45, 2.75) is 50.9 Å². The Balaban J connectivity index is 1.38. The maximum atomic E-state index is 12.4. The number of nitrogens with one attached hydrogen (secondary N) is 1. The van der Waals surface area contributed by atoms with E-state index in [9.17, 15) is 4.79 Å². The lowest BCUT2D eigenvalue weighted by Crippen LogP contribution is -2.58. The summed E-state index contributed by atoms with van der Waals surface area (Å²) in [5.74, 6) is 0.919. The topological polar surface area (TPSA) is 83.3 Å². The molecule has 2 bridgehead atoms. The predicted molar refractivity (Wildman–Crippen MR) is 78.7 cm³/mol. The molecule has 7 heteroatoms. The summed E-state index contributed by atoms with van der Waals surface area (Å²) in [4.78, 5) is 14.8. The number of aliphatic hydroxyl groups is 1. The summed E-state index contributed by atoms with van der Waals surface area (Å²) in [6, 6.07) is 0.878. The van der Waals surface area contributed by atoms with Crippen LogP contribution in [0.5, 0.6) is 0 Å². The molecule has 1 saturated carbocycles. The van der Waals surface area contributed by atoms with Crippen LogP contribution < -0.4 is 5.32 Å². The summed E-state index contributed by atoms with van der Waals surface area (Å²) < 4.78 is 1.82. The highest BCUT2D eigenvalue weighted by Crippen LogP contribution is 2.37. The summed E-state index contributed by atoms with van der Waals surface area (Å²) in [6.07, 6.45) is 6.28. The lowest BCUT2D eigenvalue weighted by Gasteiger charge is -2.49. The Morgan fingerprint density at radius 3 is 2.91 bits per heavy atom. The van der Waals surface area contributed by atoms with E-state index >= 15 is 0 Å². The van der Waals surface area contributed by atoms with Crippen LogP contribution in [-0.4, -0.2) is 56.1 Å². The molecule has 2 N–H and O–H groups in total. The molecule has 0 aromatic carbocycles. The minimum Gasteiger partial charge on any atom is -0.390 e. The number of piperidine rings is 3. The molecule has 120 valence electrons. The highest BCUT2D eigenvalue weighted by atomic mass is 16.3. The monoisotopic (exact) mass is 305 g/mol. The van der Waals surface area contributed by atoms with Gasteiger partial charge < -0.3 is 10.4 Å². The molecule has 3 saturated heterocycles. The van der Waals surface area contributed by atoms with Crippen LogP contribution in [0.1, 0.15) is 31.4 Å². The molecule has 1 aromatic heterocycles. The number of aliphatic hydroxyl groups excluding tert-OH is 1. The minimum atomic E-state index is -0.0690. The first-order valence-electron chi connectivity index (χ1n) is 8.27. The maximum absolute atomic E-state index is 12.4. The second-order valence-electron chi connectivity index (χ2n) is 6.91. The normalized spacial score (nSPS) is 33.9. The highest BCUT2D eigenvalue weighted by Gasteiger charge is 2.44. The van der Waals surface area contributed by atoms with E-state index in [1.54, 1.807) is 6.20 Å². The molecule has 1 amide bonds. The van der Waals surface area contributed by atoms with Crippen LogP contribution >= 0.6 is 0 Å². The molecule has 0 radical (unpaired) electrons. The van der Waals surface area contributed by atoms with Crippen molar-refractivity contribution in [3.63, 3.8) is 0 Å². The molecule has 1 aliphatic carbocycles. The lowest BCUT2D eigenvalue weighted by atomic mass is 9.75. The first-order valence-corrected chi connectivity index (χ1v) is 8.27. The summed E-state index contributed by atoms with van der Waals surface area (Å²) in [6.45, 7) is 2.67. The van der Waals surface area contributed by atoms with E-state index in [0.29, 0.717) is 23.7 Å². The smallest absolute Gasteiger partial charge is 0.224 e. The minimum absolute atomic E-state index is 0.0690. The predicted octanol–water partition coefficient (Wildman–Crippen LogP) is -0.241. The number of carbonyl (C=O) groups is 1. The molecule has 5 rings (SSSR count). The average molecular weight is 305 g/mol. The van der Waals surface area contributed by atoms with Crippen molar-refractivity contribution in [1.82, 2.24) is 25.2 Å². The standard InChI is InChI=1S/C15H23N5O2/c21-9-12-6-20(18-17-12)7-13-5-10-3-4-19(13)8-14(10)15(22)16-11-1-2-11/h6,10-11,13-14,21H,1-5,7-9H2,(H,16,22)/t10-,13-,14+/m1/s1. The second-order valence-corrected chi connectivity index (χ2v) is 6.91. The molecular weight excluding hydrogens is 282 g/mol. The van der Waals surface area contributed by atoms with E-state index in [-0.39, 0.29) is 18.4 Å². The van der Waals surface area contributed by atoms with Crippen molar-refractivity contribution in [2.24, 2.45) is 11.8 Å². The van der Waals surface area contributed by atoms with Gasteiger partial charge in [0.05, 0.1) is 25.3 Å². The number of carbonyl (C=O) groups excluding carboxylic acids is 1. The van der Waals surface area contributed by atoms with Crippen LogP contribution in [0.25, 0.3) is 0 Å². The fraction of sp³-hybridized carbons (Fsp3) is 0.800. The van der Waals surface area contributed by atoms with Crippen molar-refractivity contribution >= 4 is 5.91 Å². The molecule has 1 unspecified atom stereocenters. The van der Waals surface area contributed by atoms with E-state index in [1.165, 1.54) is 0 Å². The molecule has 4 aliphatic rings. The zero-order chi connectivity index (χ0) is 15.1. The van der Waals surface area contributed by atoms with Crippen molar-refractivity contribution in [3.05, 3.63) is 11.9 Å². The van der Waals surface area contributed by atoms with E-state index in [1.807, 2.05) is 4.68 Å². The number of amides is 1. The highest BCUT2D eigenvalue weighted by molar-refractivity contribution is 5.80. The van der Waals surface area contributed by atoms with Crippen LogP contribution in [0.3, 0.4) is 0 Å². The molecule has 4 fully saturated rings. The zero-order valence-corrected chi connectivity index (χ0v) is 12.7. The van der Waals surface area contributed by atoms with E-state index in [2.05, 4.69) is 20.5 Å². The molecule has 4 atom stereocenters. The van der Waals surface area contributed by atoms with Gasteiger partial charge in [-0.05, 0) is 38.1 Å². The van der Waals surface area contributed by atoms with Gasteiger partial charge in [-0.1, -0.05) is 5.21 Å². The Morgan fingerprint density at radius 1 is 1.41 bits per heavy atom. The van der Waals surface area contributed by atoms with Gasteiger partial charge in [0.25, 0.3) is 0 Å². The molecular formula is C15H23N5O2. The molecule has 3 aliphatic heterocycles. The Kier molecular flexibility index (Phi) is 3.62. The van der Waals surface area contributed by atoms with Gasteiger partial charge in [0.15, 0.2) is 0 Å². The van der Waals surface area contributed by atoms with Gasteiger partial charge in [0.1, 0.15) is 5.69 Å². The van der Waals surface area contributed by atoms with Gasteiger partial charge in [-0.2, -0.15) is 0 Å². The first-order chi connectivity index (χ1) is 10.7. The van der Waals surface area contributed by atoms with Crippen LogP contribution in [-0.2, 0) is 17.9 Å². The Morgan fingerprint density at radius 2 is 2.27 bits per heavy atom. The van der Waals surface area contributed by atoms with Crippen LogP contribution in [0.4, 0.5) is 0 Å². The van der Waals surface area contributed by atoms with Crippen molar-refractivity contribution in [3.8, 4) is 0 Å². The van der Waals surface area contributed by atoms with Gasteiger partial charge in [-0.3, -0.25) is 14.4 Å². The number of aromatic nitrogens is 3. The van der Waals surface area contributed by atoms with Crippen molar-refractivity contribution < 1.29 is 9.90 Å². The quantitative estimate of drug-likeness (QED) is 0.784. The SMILES string of the molecule is O=C(NC1CC1)[C@H]1CN2CC[C@@H]1C[C@@H]2Cn1cc(CO)nn1. The number of fused-ring (bicyclic) bond motifs is 3. The van der Waals surface area contributed by atoms with E-state index < -0.39 is 0 Å². The molecule has 1 aromatic rings. The van der Waals surface area contributed by atoms with Crippen LogP contribution in [0.2, 0.25) is 0 Å². The fourth-order valence-electron chi connectivity index (χ4n) is 3.88. The molecule has 7 nitrogen and oxygen atoms in total. The zero-order valence-electron chi connectivity index (χ0n) is 12.7. The maximum Gasteiger partial charge on any atom is 0.224 e. The van der Waals surface area contributed by atoms with Crippen molar-refractivity contribution in [2.75, 3.05) is 13.1 Å². The van der Waals surface area contributed by atoms with Crippen LogP contribution in [0, 0.1) is 11.8 Å². The second kappa shape index (κ2) is 5.62. The van der Waals surface area contributed by atoms with Gasteiger partial charge >= 0.3 is 0 Å². The Bertz CT molecular complexity index is 556. The number of hydrogen-bond acceptors (Lipinski definition) is 5. The van der Waals surface area contributed by atoms with E-state index in [4.69, 9.17) is 5.11 Å². The molecule has 22 heavy (non-hydrogen) atoms. The largest absolute Gasteiger partial charge is 0.390 e. The lowest BCUT2D eigenvalue weighted by molar-refractivity contribution is -0.133. The third kappa shape index (κ3) is 2.75. The third-order valence-electron chi connectivity index (χ3n) is 5.28. The van der Waals surface area contributed by atoms with Crippen LogP contribution in [0.15, 0.2) is 6.20 Å². The Labute approximate surface area is 129 Å². The van der Waals surface area contributed by atoms with E-state index in [0.717, 1.165) is 45.3 Å². The summed E-state index contributed by atoms with van der Waals surface area (Å²) in [5, 5.41) is 20.2. The van der Waals surface area contributed by atoms with Gasteiger partial charge in [0.2, 0.25) is 5.91 Å². The molecule has 4 heterocycles. The Hall–Kier alpha value is -1.47. The summed E-state index contributed by atoms with van der Waals surface area (Å²) >= 11 is 0. The van der Waals surface area contributed by atoms with Gasteiger partial charge in [-0.25, -0.2) is 0 Å². The van der Waals surface area contributed by atoms with Gasteiger partial charge in [0, 0.05) is 18.6 Å². The summed E-state index contributed by atoms with van der Waals surface area (Å²) in [7, 11) is 0. The number of rotatable bonds is 5. The van der Waals surface area contributed by atoms with Gasteiger partial charge in [-0.15, -0.1) is 5.10 Å². The number of hydrogen-bond donors (Lipinski definition) is 2. The number of nitrogens with zero attached hydrogens (tertiary/aromatic N) is 4. The summed E-state index contributed by atoms with van der Waals surface area (Å²) in [5.41, 5.74) is 0.609. The third-order valence-corrected chi connectivity index (χ3v) is 5.28. The first kappa shape index (κ1) is 14.1. The average Bonchev–Trinajstić information content (AvgIpc) is 3.24.